The number of quaternary nitrogens is 1. The number of allylic oxidation sites excluding steroid dienone is 14. The molecule has 1 N–H and O–H groups in total. The number of unbranched alkanes of at least 4 members (excludes halogenated alkanes) is 31. The fraction of sp³-hybridized carbons (Fsp3) is 0.757. The number of carboxylic acids is 1. The minimum Gasteiger partial charge on any atom is -0.477 e. The Kier molecular flexibility index (Phi) is 57.9. The van der Waals surface area contributed by atoms with Gasteiger partial charge in [0.1, 0.15) is 13.2 Å². The van der Waals surface area contributed by atoms with Gasteiger partial charge in [-0.05, 0) is 89.9 Å². The maximum atomic E-state index is 12.9. The summed E-state index contributed by atoms with van der Waals surface area (Å²) < 4.78 is 22.9. The van der Waals surface area contributed by atoms with E-state index in [4.69, 9.17) is 18.9 Å². The molecule has 0 rings (SSSR count). The van der Waals surface area contributed by atoms with E-state index in [0.717, 1.165) is 89.9 Å². The number of carboxylic acid groups (broad SMARTS) is 1. The zero-order valence-electron chi connectivity index (χ0n) is 52.0. The molecular formula is C70H124NO8+. The van der Waals surface area contributed by atoms with Gasteiger partial charge >= 0.3 is 17.9 Å². The van der Waals surface area contributed by atoms with Crippen molar-refractivity contribution in [1.29, 1.82) is 0 Å². The Balaban J connectivity index is 4.13. The van der Waals surface area contributed by atoms with Crippen molar-refractivity contribution in [3.63, 3.8) is 0 Å². The maximum Gasteiger partial charge on any atom is 0.361 e. The molecule has 2 unspecified atom stereocenters. The highest BCUT2D eigenvalue weighted by Gasteiger charge is 2.25. The molecule has 9 heteroatoms. The lowest BCUT2D eigenvalue weighted by Crippen LogP contribution is -2.40. The Hall–Kier alpha value is -3.53. The Bertz CT molecular complexity index is 1570. The Labute approximate surface area is 487 Å². The maximum absolute atomic E-state index is 12.9. The number of esters is 2. The van der Waals surface area contributed by atoms with Crippen molar-refractivity contribution in [1.82, 2.24) is 0 Å². The Morgan fingerprint density at radius 2 is 0.722 bits per heavy atom. The zero-order chi connectivity index (χ0) is 57.6. The summed E-state index contributed by atoms with van der Waals surface area (Å²) in [5.74, 6) is -2.01. The molecular weight excluding hydrogens is 983 g/mol. The van der Waals surface area contributed by atoms with Crippen molar-refractivity contribution in [2.75, 3.05) is 47.5 Å². The number of hydrogen-bond acceptors (Lipinski definition) is 7. The molecule has 0 radical (unpaired) electrons. The molecule has 2 atom stereocenters. The number of carbonyl (C=O) groups excluding carboxylic acids is 2. The fourth-order valence-corrected chi connectivity index (χ4v) is 9.13. The molecule has 0 aromatic rings. The SMILES string of the molecule is CC/C=C\C/C=C\C/C=C\C/C=C\CCCCCCCCCCCCCCCCCCCCCCC(=O)OC(COC(=O)CCCCCCCC/C=C\C/C=C\C/C=C\CCCCCCC)COC(OCC[N+](C)(C)C)C(=O)O. The van der Waals surface area contributed by atoms with Crippen LogP contribution in [-0.2, 0) is 33.3 Å². The van der Waals surface area contributed by atoms with E-state index in [1.807, 2.05) is 21.1 Å². The molecule has 0 aliphatic heterocycles. The van der Waals surface area contributed by atoms with E-state index >= 15 is 0 Å². The van der Waals surface area contributed by atoms with E-state index in [2.05, 4.69) is 98.9 Å². The van der Waals surface area contributed by atoms with Gasteiger partial charge in [0.25, 0.3) is 6.29 Å². The van der Waals surface area contributed by atoms with Crippen LogP contribution in [0.3, 0.4) is 0 Å². The van der Waals surface area contributed by atoms with Crippen molar-refractivity contribution in [2.24, 2.45) is 0 Å². The minimum atomic E-state index is -1.52. The van der Waals surface area contributed by atoms with Crippen LogP contribution in [0.4, 0.5) is 0 Å². The number of likely N-dealkylation sites (N-methyl/N-ethyl adjacent to an activating group) is 1. The Morgan fingerprint density at radius 3 is 1.08 bits per heavy atom. The van der Waals surface area contributed by atoms with Crippen LogP contribution < -0.4 is 0 Å². The zero-order valence-corrected chi connectivity index (χ0v) is 52.0. The molecule has 79 heavy (non-hydrogen) atoms. The summed E-state index contributed by atoms with van der Waals surface area (Å²) in [5.41, 5.74) is 0. The van der Waals surface area contributed by atoms with Crippen molar-refractivity contribution in [2.45, 2.75) is 296 Å². The van der Waals surface area contributed by atoms with Crippen LogP contribution >= 0.6 is 0 Å². The lowest BCUT2D eigenvalue weighted by Gasteiger charge is -2.25. The van der Waals surface area contributed by atoms with Gasteiger partial charge in [0.05, 0.1) is 34.4 Å². The average molecular weight is 1110 g/mol. The summed E-state index contributed by atoms with van der Waals surface area (Å²) in [6.07, 6.45) is 78.3. The van der Waals surface area contributed by atoms with Crippen LogP contribution in [-0.4, -0.2) is 87.4 Å². The summed E-state index contributed by atoms with van der Waals surface area (Å²) in [5, 5.41) is 9.73. The van der Waals surface area contributed by atoms with Crippen LogP contribution in [0.1, 0.15) is 284 Å². The summed E-state index contributed by atoms with van der Waals surface area (Å²) in [6, 6.07) is 0. The molecule has 0 aromatic carbocycles. The van der Waals surface area contributed by atoms with E-state index in [0.29, 0.717) is 11.0 Å². The van der Waals surface area contributed by atoms with E-state index in [-0.39, 0.29) is 38.6 Å². The van der Waals surface area contributed by atoms with Gasteiger partial charge in [-0.25, -0.2) is 4.79 Å². The predicted molar refractivity (Wildman–Crippen MR) is 336 cm³/mol. The summed E-state index contributed by atoms with van der Waals surface area (Å²) in [4.78, 5) is 37.5. The molecule has 0 heterocycles. The summed E-state index contributed by atoms with van der Waals surface area (Å²) >= 11 is 0. The lowest BCUT2D eigenvalue weighted by molar-refractivity contribution is -0.870. The number of hydrogen-bond donors (Lipinski definition) is 1. The van der Waals surface area contributed by atoms with Crippen molar-refractivity contribution in [3.8, 4) is 0 Å². The molecule has 0 fully saturated rings. The van der Waals surface area contributed by atoms with Crippen molar-refractivity contribution in [3.05, 3.63) is 85.1 Å². The molecule has 0 bridgehead atoms. The van der Waals surface area contributed by atoms with Crippen LogP contribution in [0.25, 0.3) is 0 Å². The Morgan fingerprint density at radius 1 is 0.392 bits per heavy atom. The smallest absolute Gasteiger partial charge is 0.361 e. The number of nitrogens with zero attached hydrogens (tertiary/aromatic N) is 1. The van der Waals surface area contributed by atoms with E-state index in [9.17, 15) is 19.5 Å². The highest BCUT2D eigenvalue weighted by Crippen LogP contribution is 2.17. The number of rotatable bonds is 60. The van der Waals surface area contributed by atoms with Gasteiger partial charge in [-0.15, -0.1) is 0 Å². The number of carbonyl (C=O) groups is 3. The summed E-state index contributed by atoms with van der Waals surface area (Å²) in [7, 11) is 5.97. The first-order valence-corrected chi connectivity index (χ1v) is 32.8. The second-order valence-corrected chi connectivity index (χ2v) is 23.0. The first-order chi connectivity index (χ1) is 38.6. The molecule has 0 spiro atoms. The molecule has 0 aromatic heterocycles. The second-order valence-electron chi connectivity index (χ2n) is 23.0. The van der Waals surface area contributed by atoms with Crippen molar-refractivity contribution >= 4 is 17.9 Å². The predicted octanol–water partition coefficient (Wildman–Crippen LogP) is 19.9. The topological polar surface area (TPSA) is 108 Å². The van der Waals surface area contributed by atoms with Crippen LogP contribution in [0.5, 0.6) is 0 Å². The quantitative estimate of drug-likeness (QED) is 0.0211. The first-order valence-electron chi connectivity index (χ1n) is 32.8. The largest absolute Gasteiger partial charge is 0.477 e. The monoisotopic (exact) mass is 1110 g/mol. The van der Waals surface area contributed by atoms with E-state index in [1.165, 1.54) is 167 Å². The third kappa shape index (κ3) is 61.9. The van der Waals surface area contributed by atoms with E-state index in [1.54, 1.807) is 0 Å². The molecule has 0 aliphatic carbocycles. The van der Waals surface area contributed by atoms with E-state index < -0.39 is 24.3 Å². The van der Waals surface area contributed by atoms with Gasteiger partial charge in [0, 0.05) is 12.8 Å². The fourth-order valence-electron chi connectivity index (χ4n) is 9.13. The number of aliphatic carboxylic acids is 1. The van der Waals surface area contributed by atoms with Gasteiger partial charge in [-0.3, -0.25) is 9.59 Å². The third-order valence-corrected chi connectivity index (χ3v) is 14.1. The van der Waals surface area contributed by atoms with Gasteiger partial charge in [0.15, 0.2) is 6.10 Å². The lowest BCUT2D eigenvalue weighted by atomic mass is 10.0. The van der Waals surface area contributed by atoms with Gasteiger partial charge in [-0.2, -0.15) is 0 Å². The molecule has 0 saturated carbocycles. The third-order valence-electron chi connectivity index (χ3n) is 14.1. The molecule has 0 amide bonds. The standard InChI is InChI=1S/C70H123NO8/c1-6-8-10-12-14-16-18-20-22-24-26-28-29-30-31-32-33-34-35-36-37-38-39-41-43-45-47-49-51-53-55-57-59-61-68(73)79-66(65-78-70(69(74)75)76-63-62-71(3,4)5)64-77-67(72)60-58-56-54-52-50-48-46-44-42-40-27-25-23-21-19-17-15-13-11-9-7-2/h8,10,14,16,19-22,25-28,42,44,66,70H,6-7,9,11-13,15,17-18,23-24,29-41,43,45-65H2,1-5H3/p+1/b10-8-,16-14-,21-19-,22-20-,27-25-,28-26-,44-42-. The first kappa shape index (κ1) is 75.5. The molecule has 9 nitrogen and oxygen atoms in total. The van der Waals surface area contributed by atoms with Gasteiger partial charge in [0.2, 0.25) is 0 Å². The average Bonchev–Trinajstić information content (AvgIpc) is 3.42. The highest BCUT2D eigenvalue weighted by molar-refractivity contribution is 5.71. The normalized spacial score (nSPS) is 13.3. The molecule has 0 aliphatic rings. The van der Waals surface area contributed by atoms with Crippen LogP contribution in [0.2, 0.25) is 0 Å². The number of ether oxygens (including phenoxy) is 4. The molecule has 456 valence electrons. The second kappa shape index (κ2) is 60.6. The highest BCUT2D eigenvalue weighted by atomic mass is 16.7. The summed E-state index contributed by atoms with van der Waals surface area (Å²) in [6.45, 7) is 4.76. The molecule has 0 saturated heterocycles. The van der Waals surface area contributed by atoms with Gasteiger partial charge < -0.3 is 28.5 Å². The van der Waals surface area contributed by atoms with Crippen molar-refractivity contribution < 1.29 is 42.9 Å². The van der Waals surface area contributed by atoms with Crippen LogP contribution in [0.15, 0.2) is 85.1 Å². The van der Waals surface area contributed by atoms with Gasteiger partial charge in [-0.1, -0.05) is 266 Å². The van der Waals surface area contributed by atoms with Crippen LogP contribution in [0, 0.1) is 0 Å². The minimum absolute atomic E-state index is 0.184.